The Morgan fingerprint density at radius 1 is 1.04 bits per heavy atom. The molecule has 0 aliphatic rings. The lowest BCUT2D eigenvalue weighted by molar-refractivity contribution is 0.0919. The average Bonchev–Trinajstić information content (AvgIpc) is 2.65. The number of carbonyl (C=O) groups is 1. The zero-order valence-electron chi connectivity index (χ0n) is 13.7. The van der Waals surface area contributed by atoms with Crippen LogP contribution >= 0.6 is 15.9 Å². The topological polar surface area (TPSA) is 70.5 Å². The van der Waals surface area contributed by atoms with Gasteiger partial charge in [-0.3, -0.25) is 4.79 Å². The molecule has 0 N–H and O–H groups in total. The molecule has 0 aliphatic carbocycles. The molecule has 6 nitrogen and oxygen atoms in total. The van der Waals surface area contributed by atoms with Gasteiger partial charge in [-0.2, -0.15) is 0 Å². The maximum atomic E-state index is 12.4. The highest BCUT2D eigenvalue weighted by Gasteiger charge is 2.13. The van der Waals surface area contributed by atoms with Crippen LogP contribution in [-0.2, 0) is 0 Å². The molecular formula is C18H15BrN2O4. The number of benzene rings is 2. The molecule has 2 aromatic carbocycles. The molecule has 3 rings (SSSR count). The van der Waals surface area contributed by atoms with Gasteiger partial charge in [0.25, 0.3) is 0 Å². The number of fused-ring (bicyclic) bond motifs is 1. The number of Topliss-reactive ketones (excluding diaryl/α,β-unsaturated/α-hetero) is 1. The van der Waals surface area contributed by atoms with Crippen molar-refractivity contribution in [2.24, 2.45) is 0 Å². The monoisotopic (exact) mass is 402 g/mol. The number of aromatic nitrogens is 2. The highest BCUT2D eigenvalue weighted by atomic mass is 79.9. The molecule has 0 fully saturated rings. The molecule has 0 atom stereocenters. The minimum absolute atomic E-state index is 0.145. The summed E-state index contributed by atoms with van der Waals surface area (Å²) in [6.45, 7) is -0.145. The second kappa shape index (κ2) is 7.48. The summed E-state index contributed by atoms with van der Waals surface area (Å²) in [6.07, 6.45) is 1.41. The molecule has 0 spiro atoms. The zero-order chi connectivity index (χ0) is 17.8. The minimum Gasteiger partial charge on any atom is -0.493 e. The molecule has 1 heterocycles. The highest BCUT2D eigenvalue weighted by molar-refractivity contribution is 9.10. The van der Waals surface area contributed by atoms with E-state index in [-0.39, 0.29) is 12.4 Å². The summed E-state index contributed by atoms with van der Waals surface area (Å²) in [5.74, 6) is 1.22. The van der Waals surface area contributed by atoms with E-state index in [4.69, 9.17) is 14.2 Å². The van der Waals surface area contributed by atoms with Crippen LogP contribution in [0.1, 0.15) is 10.4 Å². The Balaban J connectivity index is 1.80. The standard InChI is InChI=1S/C18H15BrN2O4/c1-23-16-6-3-11(7-17(16)24-2)15(22)9-25-18-13-8-12(19)4-5-14(13)20-10-21-18/h3-8,10H,9H2,1-2H3. The number of rotatable bonds is 6. The first kappa shape index (κ1) is 17.2. The van der Waals surface area contributed by atoms with Crippen LogP contribution in [0, 0.1) is 0 Å². The van der Waals surface area contributed by atoms with Crippen molar-refractivity contribution in [2.75, 3.05) is 20.8 Å². The Hall–Kier alpha value is -2.67. The molecule has 25 heavy (non-hydrogen) atoms. The number of carbonyl (C=O) groups excluding carboxylic acids is 1. The van der Waals surface area contributed by atoms with Crippen molar-refractivity contribution in [2.45, 2.75) is 0 Å². The maximum absolute atomic E-state index is 12.4. The highest BCUT2D eigenvalue weighted by Crippen LogP contribution is 2.28. The Morgan fingerprint density at radius 3 is 2.60 bits per heavy atom. The SMILES string of the molecule is COc1ccc(C(=O)COc2ncnc3ccc(Br)cc23)cc1OC. The van der Waals surface area contributed by atoms with Crippen LogP contribution in [0.5, 0.6) is 17.4 Å². The molecule has 0 unspecified atom stereocenters. The van der Waals surface area contributed by atoms with Crippen molar-refractivity contribution in [3.8, 4) is 17.4 Å². The molecule has 0 radical (unpaired) electrons. The smallest absolute Gasteiger partial charge is 0.224 e. The van der Waals surface area contributed by atoms with Gasteiger partial charge in [0.15, 0.2) is 23.9 Å². The first-order valence-electron chi connectivity index (χ1n) is 7.40. The van der Waals surface area contributed by atoms with E-state index >= 15 is 0 Å². The number of methoxy groups -OCH3 is 2. The summed E-state index contributed by atoms with van der Waals surface area (Å²) < 4.78 is 16.9. The second-order valence-corrected chi connectivity index (χ2v) is 6.04. The van der Waals surface area contributed by atoms with Crippen molar-refractivity contribution in [3.05, 3.63) is 52.8 Å². The van der Waals surface area contributed by atoms with Gasteiger partial charge < -0.3 is 14.2 Å². The second-order valence-electron chi connectivity index (χ2n) is 5.12. The molecule has 1 aromatic heterocycles. The summed E-state index contributed by atoms with van der Waals surface area (Å²) in [4.78, 5) is 20.7. The van der Waals surface area contributed by atoms with E-state index in [0.29, 0.717) is 22.9 Å². The van der Waals surface area contributed by atoms with Crippen LogP contribution in [0.15, 0.2) is 47.2 Å². The van der Waals surface area contributed by atoms with Gasteiger partial charge in [-0.25, -0.2) is 9.97 Å². The fraction of sp³-hybridized carbons (Fsp3) is 0.167. The number of ketones is 1. The van der Waals surface area contributed by atoms with Crippen molar-refractivity contribution in [1.82, 2.24) is 9.97 Å². The van der Waals surface area contributed by atoms with Gasteiger partial charge in [-0.1, -0.05) is 15.9 Å². The quantitative estimate of drug-likeness (QED) is 0.585. The fourth-order valence-corrected chi connectivity index (χ4v) is 2.71. The fourth-order valence-electron chi connectivity index (χ4n) is 2.35. The third kappa shape index (κ3) is 3.71. The molecule has 0 amide bonds. The van der Waals surface area contributed by atoms with Gasteiger partial charge in [-0.15, -0.1) is 0 Å². The number of hydrogen-bond acceptors (Lipinski definition) is 6. The van der Waals surface area contributed by atoms with Crippen molar-refractivity contribution < 1.29 is 19.0 Å². The third-order valence-electron chi connectivity index (χ3n) is 3.61. The van der Waals surface area contributed by atoms with E-state index in [1.807, 2.05) is 18.2 Å². The van der Waals surface area contributed by atoms with Gasteiger partial charge >= 0.3 is 0 Å². The molecule has 0 aliphatic heterocycles. The lowest BCUT2D eigenvalue weighted by Gasteiger charge is -2.10. The van der Waals surface area contributed by atoms with Gasteiger partial charge in [0.1, 0.15) is 6.33 Å². The lowest BCUT2D eigenvalue weighted by Crippen LogP contribution is -2.12. The Bertz CT molecular complexity index is 930. The normalized spacial score (nSPS) is 10.5. The van der Waals surface area contributed by atoms with E-state index in [1.54, 1.807) is 25.3 Å². The number of halogens is 1. The third-order valence-corrected chi connectivity index (χ3v) is 4.10. The predicted octanol–water partition coefficient (Wildman–Crippen LogP) is 3.67. The summed E-state index contributed by atoms with van der Waals surface area (Å²) in [7, 11) is 3.06. The van der Waals surface area contributed by atoms with Crippen LogP contribution in [0.2, 0.25) is 0 Å². The predicted molar refractivity (Wildman–Crippen MR) is 96.6 cm³/mol. The Labute approximate surface area is 152 Å². The zero-order valence-corrected chi connectivity index (χ0v) is 15.2. The summed E-state index contributed by atoms with van der Waals surface area (Å²) in [5, 5.41) is 0.733. The first-order valence-corrected chi connectivity index (χ1v) is 8.20. The molecule has 0 saturated carbocycles. The van der Waals surface area contributed by atoms with Gasteiger partial charge in [0.05, 0.1) is 25.1 Å². The van der Waals surface area contributed by atoms with Gasteiger partial charge in [-0.05, 0) is 36.4 Å². The summed E-state index contributed by atoms with van der Waals surface area (Å²) in [5.41, 5.74) is 1.21. The number of nitrogens with zero attached hydrogens (tertiary/aromatic N) is 2. The molecule has 0 bridgehead atoms. The van der Waals surface area contributed by atoms with Crippen LogP contribution in [-0.4, -0.2) is 36.6 Å². The molecule has 128 valence electrons. The van der Waals surface area contributed by atoms with Crippen molar-refractivity contribution >= 4 is 32.6 Å². The van der Waals surface area contributed by atoms with E-state index in [1.165, 1.54) is 13.4 Å². The maximum Gasteiger partial charge on any atom is 0.224 e. The number of hydrogen-bond donors (Lipinski definition) is 0. The van der Waals surface area contributed by atoms with Crippen LogP contribution in [0.4, 0.5) is 0 Å². The van der Waals surface area contributed by atoms with Crippen LogP contribution in [0.3, 0.4) is 0 Å². The van der Waals surface area contributed by atoms with Crippen molar-refractivity contribution in [3.63, 3.8) is 0 Å². The van der Waals surface area contributed by atoms with E-state index in [0.717, 1.165) is 15.4 Å². The largest absolute Gasteiger partial charge is 0.493 e. The molecular weight excluding hydrogens is 388 g/mol. The van der Waals surface area contributed by atoms with Crippen molar-refractivity contribution in [1.29, 1.82) is 0 Å². The van der Waals surface area contributed by atoms with Gasteiger partial charge in [0.2, 0.25) is 5.88 Å². The molecule has 7 heteroatoms. The average molecular weight is 403 g/mol. The van der Waals surface area contributed by atoms with E-state index < -0.39 is 0 Å². The molecule has 0 saturated heterocycles. The van der Waals surface area contributed by atoms with Crippen LogP contribution < -0.4 is 14.2 Å². The first-order chi connectivity index (χ1) is 12.1. The van der Waals surface area contributed by atoms with Crippen LogP contribution in [0.25, 0.3) is 10.9 Å². The number of ether oxygens (including phenoxy) is 3. The molecule has 3 aromatic rings. The minimum atomic E-state index is -0.192. The summed E-state index contributed by atoms with van der Waals surface area (Å²) >= 11 is 3.41. The van der Waals surface area contributed by atoms with E-state index in [9.17, 15) is 4.79 Å². The summed E-state index contributed by atoms with van der Waals surface area (Å²) in [6, 6.07) is 10.6. The Morgan fingerprint density at radius 2 is 1.84 bits per heavy atom. The lowest BCUT2D eigenvalue weighted by atomic mass is 10.1. The van der Waals surface area contributed by atoms with E-state index in [2.05, 4.69) is 25.9 Å². The Kier molecular flexibility index (Phi) is 5.14. The van der Waals surface area contributed by atoms with Gasteiger partial charge in [0, 0.05) is 10.0 Å².